The maximum absolute atomic E-state index is 9.80. The van der Waals surface area contributed by atoms with Gasteiger partial charge in [-0.15, -0.1) is 0 Å². The standard InChI is InChI=1S/C12H22O4/c1-7-10-5-4-9(12(13)16-10)6-11(7)15-8(2)14-3/h7-13H,4-6H2,1-3H3. The van der Waals surface area contributed by atoms with Gasteiger partial charge in [0, 0.05) is 18.9 Å². The fourth-order valence-corrected chi connectivity index (χ4v) is 2.73. The Kier molecular flexibility index (Phi) is 3.85. The molecule has 0 aromatic carbocycles. The van der Waals surface area contributed by atoms with Gasteiger partial charge in [-0.05, 0) is 26.2 Å². The van der Waals surface area contributed by atoms with Crippen LogP contribution in [0, 0.1) is 11.8 Å². The highest BCUT2D eigenvalue weighted by atomic mass is 16.7. The Morgan fingerprint density at radius 1 is 1.38 bits per heavy atom. The zero-order chi connectivity index (χ0) is 11.7. The molecule has 2 heterocycles. The van der Waals surface area contributed by atoms with E-state index in [1.807, 2.05) is 6.92 Å². The van der Waals surface area contributed by atoms with E-state index in [0.29, 0.717) is 5.92 Å². The van der Waals surface area contributed by atoms with Crippen molar-refractivity contribution in [2.75, 3.05) is 7.11 Å². The van der Waals surface area contributed by atoms with Gasteiger partial charge in [0.15, 0.2) is 12.6 Å². The maximum atomic E-state index is 9.80. The van der Waals surface area contributed by atoms with Crippen LogP contribution in [0.1, 0.15) is 33.1 Å². The lowest BCUT2D eigenvalue weighted by Crippen LogP contribution is -2.35. The van der Waals surface area contributed by atoms with Crippen LogP contribution < -0.4 is 0 Å². The van der Waals surface area contributed by atoms with Crippen molar-refractivity contribution in [2.24, 2.45) is 11.8 Å². The summed E-state index contributed by atoms with van der Waals surface area (Å²) in [6, 6.07) is 0. The van der Waals surface area contributed by atoms with Crippen LogP contribution in [-0.4, -0.2) is 37.0 Å². The predicted molar refractivity (Wildman–Crippen MR) is 58.7 cm³/mol. The number of methoxy groups -OCH3 is 1. The minimum atomic E-state index is -0.604. The van der Waals surface area contributed by atoms with E-state index in [1.54, 1.807) is 7.11 Å². The number of aliphatic hydroxyl groups excluding tert-OH is 1. The van der Waals surface area contributed by atoms with Crippen LogP contribution in [0.2, 0.25) is 0 Å². The summed E-state index contributed by atoms with van der Waals surface area (Å²) in [7, 11) is 1.64. The summed E-state index contributed by atoms with van der Waals surface area (Å²) in [5.74, 6) is 0.537. The summed E-state index contributed by atoms with van der Waals surface area (Å²) in [5.41, 5.74) is 0. The predicted octanol–water partition coefficient (Wildman–Crippen LogP) is 1.52. The summed E-state index contributed by atoms with van der Waals surface area (Å²) in [5, 5.41) is 9.80. The van der Waals surface area contributed by atoms with Gasteiger partial charge in [0.1, 0.15) is 0 Å². The molecule has 0 aromatic rings. The van der Waals surface area contributed by atoms with Crippen molar-refractivity contribution in [2.45, 2.75) is 57.9 Å². The molecule has 6 unspecified atom stereocenters. The number of fused-ring (bicyclic) bond motifs is 4. The third-order valence-electron chi connectivity index (χ3n) is 3.95. The molecule has 4 nitrogen and oxygen atoms in total. The molecule has 1 saturated carbocycles. The molecule has 16 heavy (non-hydrogen) atoms. The molecular formula is C12H22O4. The van der Waals surface area contributed by atoms with Crippen molar-refractivity contribution in [3.63, 3.8) is 0 Å². The van der Waals surface area contributed by atoms with E-state index in [-0.39, 0.29) is 24.4 Å². The highest BCUT2D eigenvalue weighted by molar-refractivity contribution is 4.88. The van der Waals surface area contributed by atoms with Gasteiger partial charge < -0.3 is 19.3 Å². The van der Waals surface area contributed by atoms with Gasteiger partial charge in [0.05, 0.1) is 12.2 Å². The molecule has 0 spiro atoms. The van der Waals surface area contributed by atoms with E-state index in [9.17, 15) is 5.11 Å². The number of ether oxygens (including phenoxy) is 3. The van der Waals surface area contributed by atoms with Gasteiger partial charge in [0.25, 0.3) is 0 Å². The minimum absolute atomic E-state index is 0.128. The Morgan fingerprint density at radius 3 is 2.75 bits per heavy atom. The van der Waals surface area contributed by atoms with Crippen molar-refractivity contribution in [3.05, 3.63) is 0 Å². The van der Waals surface area contributed by atoms with E-state index in [0.717, 1.165) is 19.3 Å². The first-order valence-electron chi connectivity index (χ1n) is 6.13. The van der Waals surface area contributed by atoms with E-state index < -0.39 is 6.29 Å². The Balaban J connectivity index is 2.03. The lowest BCUT2D eigenvalue weighted by atomic mass is 9.96. The summed E-state index contributed by atoms with van der Waals surface area (Å²) < 4.78 is 16.6. The number of hydrogen-bond acceptors (Lipinski definition) is 4. The molecule has 0 radical (unpaired) electrons. The van der Waals surface area contributed by atoms with E-state index in [1.165, 1.54) is 0 Å². The minimum Gasteiger partial charge on any atom is -0.368 e. The van der Waals surface area contributed by atoms with E-state index >= 15 is 0 Å². The first-order chi connectivity index (χ1) is 7.61. The number of rotatable bonds is 3. The lowest BCUT2D eigenvalue weighted by Gasteiger charge is -2.31. The molecule has 3 fully saturated rings. The topological polar surface area (TPSA) is 47.9 Å². The zero-order valence-corrected chi connectivity index (χ0v) is 10.3. The summed E-state index contributed by atoms with van der Waals surface area (Å²) in [4.78, 5) is 0. The lowest BCUT2D eigenvalue weighted by molar-refractivity contribution is -0.195. The second-order valence-electron chi connectivity index (χ2n) is 4.98. The Morgan fingerprint density at radius 2 is 2.12 bits per heavy atom. The molecule has 3 aliphatic rings. The second-order valence-corrected chi connectivity index (χ2v) is 4.98. The molecule has 6 atom stereocenters. The quantitative estimate of drug-likeness (QED) is 0.747. The average Bonchev–Trinajstić information content (AvgIpc) is 2.48. The van der Waals surface area contributed by atoms with Crippen molar-refractivity contribution < 1.29 is 19.3 Å². The van der Waals surface area contributed by atoms with Crippen LogP contribution in [0.5, 0.6) is 0 Å². The van der Waals surface area contributed by atoms with Gasteiger partial charge in [-0.2, -0.15) is 0 Å². The van der Waals surface area contributed by atoms with Crippen molar-refractivity contribution in [3.8, 4) is 0 Å². The fraction of sp³-hybridized carbons (Fsp3) is 1.00. The normalized spacial score (nSPS) is 45.4. The molecule has 3 rings (SSSR count). The third-order valence-corrected chi connectivity index (χ3v) is 3.95. The van der Waals surface area contributed by atoms with Crippen molar-refractivity contribution in [1.82, 2.24) is 0 Å². The van der Waals surface area contributed by atoms with Crippen LogP contribution >= 0.6 is 0 Å². The smallest absolute Gasteiger partial charge is 0.157 e. The second kappa shape index (κ2) is 5.00. The summed E-state index contributed by atoms with van der Waals surface area (Å²) in [6.45, 7) is 4.04. The molecule has 0 amide bonds. The van der Waals surface area contributed by atoms with Gasteiger partial charge in [-0.1, -0.05) is 6.92 Å². The molecule has 0 aromatic heterocycles. The highest BCUT2D eigenvalue weighted by Gasteiger charge is 2.42. The van der Waals surface area contributed by atoms with Gasteiger partial charge in [0.2, 0.25) is 0 Å². The molecule has 1 N–H and O–H groups in total. The number of hydrogen-bond donors (Lipinski definition) is 1. The largest absolute Gasteiger partial charge is 0.368 e. The molecule has 2 aliphatic heterocycles. The average molecular weight is 230 g/mol. The molecular weight excluding hydrogens is 208 g/mol. The Bertz CT molecular complexity index is 233. The zero-order valence-electron chi connectivity index (χ0n) is 10.3. The molecule has 2 saturated heterocycles. The molecule has 1 aliphatic carbocycles. The fourth-order valence-electron chi connectivity index (χ4n) is 2.73. The summed E-state index contributed by atoms with van der Waals surface area (Å²) >= 11 is 0. The molecule has 4 heteroatoms. The number of aliphatic hydroxyl groups is 1. The van der Waals surface area contributed by atoms with Gasteiger partial charge >= 0.3 is 0 Å². The molecule has 94 valence electrons. The van der Waals surface area contributed by atoms with E-state index in [4.69, 9.17) is 14.2 Å². The van der Waals surface area contributed by atoms with E-state index in [2.05, 4.69) is 6.92 Å². The molecule has 2 bridgehead atoms. The Hall–Kier alpha value is -0.160. The van der Waals surface area contributed by atoms with Crippen LogP contribution in [0.4, 0.5) is 0 Å². The maximum Gasteiger partial charge on any atom is 0.157 e. The summed E-state index contributed by atoms with van der Waals surface area (Å²) in [6.07, 6.45) is 2.40. The third kappa shape index (κ3) is 2.40. The van der Waals surface area contributed by atoms with Crippen LogP contribution in [0.15, 0.2) is 0 Å². The SMILES string of the molecule is COC(C)OC1CC2CCC(OC2O)C1C. The van der Waals surface area contributed by atoms with Crippen LogP contribution in [-0.2, 0) is 14.2 Å². The monoisotopic (exact) mass is 230 g/mol. The highest BCUT2D eigenvalue weighted by Crippen LogP contribution is 2.39. The van der Waals surface area contributed by atoms with Crippen LogP contribution in [0.25, 0.3) is 0 Å². The van der Waals surface area contributed by atoms with Gasteiger partial charge in [-0.3, -0.25) is 0 Å². The van der Waals surface area contributed by atoms with Crippen LogP contribution in [0.3, 0.4) is 0 Å². The first kappa shape index (κ1) is 12.3. The van der Waals surface area contributed by atoms with Crippen molar-refractivity contribution in [1.29, 1.82) is 0 Å². The Labute approximate surface area is 96.9 Å². The van der Waals surface area contributed by atoms with Crippen molar-refractivity contribution >= 4 is 0 Å². The first-order valence-corrected chi connectivity index (χ1v) is 6.13. The van der Waals surface area contributed by atoms with Gasteiger partial charge in [-0.25, -0.2) is 0 Å².